The van der Waals surface area contributed by atoms with Crippen molar-refractivity contribution in [3.63, 3.8) is 0 Å². The predicted molar refractivity (Wildman–Crippen MR) is 206 cm³/mol. The number of esters is 2. The van der Waals surface area contributed by atoms with E-state index in [9.17, 15) is 14.7 Å². The van der Waals surface area contributed by atoms with Crippen molar-refractivity contribution in [3.8, 4) is 11.5 Å². The molecule has 1 atom stereocenters. The van der Waals surface area contributed by atoms with E-state index in [-0.39, 0.29) is 29.5 Å². The summed E-state index contributed by atoms with van der Waals surface area (Å²) >= 11 is 0. The van der Waals surface area contributed by atoms with Crippen LogP contribution in [-0.2, 0) is 9.59 Å². The van der Waals surface area contributed by atoms with Gasteiger partial charge in [-0.1, -0.05) is 188 Å². The molecular formula is C43H77NO5. The van der Waals surface area contributed by atoms with Crippen molar-refractivity contribution in [1.29, 1.82) is 0 Å². The molecule has 0 saturated carbocycles. The quantitative estimate of drug-likeness (QED) is 0.0426. The Morgan fingerprint density at radius 2 is 0.898 bits per heavy atom. The Balaban J connectivity index is 2.41. The van der Waals surface area contributed by atoms with Gasteiger partial charge in [0.25, 0.3) is 0 Å². The van der Waals surface area contributed by atoms with Gasteiger partial charge in [0.2, 0.25) is 0 Å². The molecule has 1 rings (SSSR count). The van der Waals surface area contributed by atoms with Gasteiger partial charge >= 0.3 is 11.9 Å². The van der Waals surface area contributed by atoms with E-state index < -0.39 is 6.10 Å². The van der Waals surface area contributed by atoms with Crippen LogP contribution in [0.15, 0.2) is 18.2 Å². The van der Waals surface area contributed by atoms with Gasteiger partial charge in [-0.3, -0.25) is 9.59 Å². The highest BCUT2D eigenvalue weighted by Gasteiger charge is 2.18. The predicted octanol–water partition coefficient (Wildman–Crippen LogP) is 12.5. The Bertz CT molecular complexity index is 933. The van der Waals surface area contributed by atoms with Gasteiger partial charge in [0.15, 0.2) is 11.5 Å². The topological polar surface area (TPSA) is 84.9 Å². The third-order valence-corrected chi connectivity index (χ3v) is 9.49. The van der Waals surface area contributed by atoms with Crippen LogP contribution in [0.1, 0.15) is 219 Å². The van der Waals surface area contributed by atoms with E-state index in [0.717, 1.165) is 38.5 Å². The molecule has 6 nitrogen and oxygen atoms in total. The molecule has 6 heteroatoms. The van der Waals surface area contributed by atoms with Crippen LogP contribution in [0.3, 0.4) is 0 Å². The van der Waals surface area contributed by atoms with Gasteiger partial charge in [-0.15, -0.1) is 0 Å². The number of benzene rings is 1. The Morgan fingerprint density at radius 1 is 0.551 bits per heavy atom. The van der Waals surface area contributed by atoms with Crippen molar-refractivity contribution in [2.24, 2.45) is 0 Å². The Morgan fingerprint density at radius 3 is 1.27 bits per heavy atom. The molecule has 0 fully saturated rings. The molecule has 2 N–H and O–H groups in total. The second kappa shape index (κ2) is 32.0. The number of rotatable bonds is 34. The molecule has 0 spiro atoms. The summed E-state index contributed by atoms with van der Waals surface area (Å²) in [6.07, 6.45) is 32.4. The zero-order valence-corrected chi connectivity index (χ0v) is 32.5. The van der Waals surface area contributed by atoms with E-state index in [0.29, 0.717) is 24.9 Å². The minimum absolute atomic E-state index is 0.208. The van der Waals surface area contributed by atoms with E-state index >= 15 is 0 Å². The highest BCUT2D eigenvalue weighted by Crippen LogP contribution is 2.32. The molecule has 0 aliphatic rings. The maximum Gasteiger partial charge on any atom is 0.311 e. The molecule has 0 radical (unpaired) electrons. The summed E-state index contributed by atoms with van der Waals surface area (Å²) in [6, 6.07) is 5.26. The van der Waals surface area contributed by atoms with Crippen molar-refractivity contribution in [2.45, 2.75) is 220 Å². The first kappa shape index (κ1) is 45.1. The Kier molecular flexibility index (Phi) is 29.5. The summed E-state index contributed by atoms with van der Waals surface area (Å²) in [5.41, 5.74) is 0.619. The average Bonchev–Trinajstić information content (AvgIpc) is 3.08. The fraction of sp³-hybridized carbons (Fsp3) is 0.814. The van der Waals surface area contributed by atoms with Gasteiger partial charge in [0, 0.05) is 25.4 Å². The summed E-state index contributed by atoms with van der Waals surface area (Å²) in [5.74, 6) is -0.193. The number of aliphatic hydroxyl groups is 1. The van der Waals surface area contributed by atoms with Gasteiger partial charge in [0.1, 0.15) is 0 Å². The summed E-state index contributed by atoms with van der Waals surface area (Å²) < 4.78 is 11.4. The van der Waals surface area contributed by atoms with Gasteiger partial charge in [-0.05, 0) is 30.5 Å². The van der Waals surface area contributed by atoms with E-state index in [4.69, 9.17) is 9.47 Å². The fourth-order valence-corrected chi connectivity index (χ4v) is 6.28. The molecule has 1 unspecified atom stereocenters. The molecule has 1 aromatic rings. The lowest BCUT2D eigenvalue weighted by Gasteiger charge is -2.17. The van der Waals surface area contributed by atoms with Crippen LogP contribution in [-0.4, -0.2) is 29.6 Å². The molecule has 0 aromatic heterocycles. The van der Waals surface area contributed by atoms with E-state index in [1.165, 1.54) is 128 Å². The van der Waals surface area contributed by atoms with Crippen molar-refractivity contribution in [2.75, 3.05) is 6.54 Å². The molecule has 49 heavy (non-hydrogen) atoms. The van der Waals surface area contributed by atoms with Gasteiger partial charge in [-0.25, -0.2) is 0 Å². The second-order valence-corrected chi connectivity index (χ2v) is 14.7. The average molecular weight is 688 g/mol. The molecule has 0 amide bonds. The summed E-state index contributed by atoms with van der Waals surface area (Å²) in [7, 11) is 0. The third-order valence-electron chi connectivity index (χ3n) is 9.49. The number of hydrogen-bond acceptors (Lipinski definition) is 6. The van der Waals surface area contributed by atoms with Gasteiger partial charge < -0.3 is 19.9 Å². The van der Waals surface area contributed by atoms with Crippen LogP contribution in [0.5, 0.6) is 11.5 Å². The van der Waals surface area contributed by atoms with Crippen molar-refractivity contribution in [3.05, 3.63) is 23.8 Å². The van der Waals surface area contributed by atoms with Crippen LogP contribution in [0.2, 0.25) is 0 Å². The zero-order chi connectivity index (χ0) is 35.8. The largest absolute Gasteiger partial charge is 0.423 e. The van der Waals surface area contributed by atoms with Crippen molar-refractivity contribution < 1.29 is 24.2 Å². The number of nitrogens with one attached hydrogen (secondary N) is 1. The minimum Gasteiger partial charge on any atom is -0.423 e. The first-order valence-corrected chi connectivity index (χ1v) is 20.8. The highest BCUT2D eigenvalue weighted by molar-refractivity contribution is 5.76. The van der Waals surface area contributed by atoms with Crippen LogP contribution >= 0.6 is 0 Å². The van der Waals surface area contributed by atoms with Crippen LogP contribution in [0.25, 0.3) is 0 Å². The van der Waals surface area contributed by atoms with E-state index in [2.05, 4.69) is 19.2 Å². The monoisotopic (exact) mass is 688 g/mol. The zero-order valence-electron chi connectivity index (χ0n) is 32.5. The molecule has 0 aliphatic heterocycles. The maximum atomic E-state index is 12.8. The number of carbonyl (C=O) groups is 2. The molecule has 0 aliphatic carbocycles. The summed E-state index contributed by atoms with van der Waals surface area (Å²) in [6.45, 7) is 8.95. The van der Waals surface area contributed by atoms with Gasteiger partial charge in [0.05, 0.1) is 6.10 Å². The standard InChI is InChI=1S/C43H77NO5/c1-5-7-9-11-13-15-17-19-21-23-25-27-29-31-42(46)48-40-34-33-38(39(45)36-44-37(3)4)35-41(40)49-43(47)32-30-28-26-24-22-20-18-16-14-12-10-8-6-2/h33-35,37,39,44-45H,5-32,36H2,1-4H3. The maximum absolute atomic E-state index is 12.8. The number of ether oxygens (including phenoxy) is 2. The number of carbonyl (C=O) groups excluding carboxylic acids is 2. The molecule has 284 valence electrons. The summed E-state index contributed by atoms with van der Waals surface area (Å²) in [5, 5.41) is 13.9. The lowest BCUT2D eigenvalue weighted by molar-refractivity contribution is -0.137. The van der Waals surface area contributed by atoms with Crippen molar-refractivity contribution in [1.82, 2.24) is 5.32 Å². The first-order valence-electron chi connectivity index (χ1n) is 20.8. The molecule has 0 bridgehead atoms. The van der Waals surface area contributed by atoms with Crippen LogP contribution in [0, 0.1) is 0 Å². The molecule has 0 heterocycles. The second-order valence-electron chi connectivity index (χ2n) is 14.7. The SMILES string of the molecule is CCCCCCCCCCCCCCCC(=O)Oc1ccc(C(O)CNC(C)C)cc1OC(=O)CCCCCCCCCCCCCCC. The first-order chi connectivity index (χ1) is 23.9. The Labute approximate surface area is 302 Å². The number of aliphatic hydroxyl groups excluding tert-OH is 1. The fourth-order valence-electron chi connectivity index (χ4n) is 6.28. The number of hydrogen-bond donors (Lipinski definition) is 2. The normalized spacial score (nSPS) is 12.0. The van der Waals surface area contributed by atoms with Crippen LogP contribution in [0.4, 0.5) is 0 Å². The molecule has 1 aromatic carbocycles. The lowest BCUT2D eigenvalue weighted by Crippen LogP contribution is -2.27. The minimum atomic E-state index is -0.767. The number of unbranched alkanes of at least 4 members (excludes halogenated alkanes) is 24. The smallest absolute Gasteiger partial charge is 0.311 e. The Hall–Kier alpha value is -1.92. The lowest BCUT2D eigenvalue weighted by atomic mass is 10.0. The molecule has 0 saturated heterocycles. The van der Waals surface area contributed by atoms with Crippen molar-refractivity contribution >= 4 is 11.9 Å². The molecular weight excluding hydrogens is 610 g/mol. The third kappa shape index (κ3) is 26.5. The van der Waals surface area contributed by atoms with E-state index in [1.807, 2.05) is 13.8 Å². The van der Waals surface area contributed by atoms with Crippen LogP contribution < -0.4 is 14.8 Å². The van der Waals surface area contributed by atoms with E-state index in [1.54, 1.807) is 18.2 Å². The summed E-state index contributed by atoms with van der Waals surface area (Å²) in [4.78, 5) is 25.6. The van der Waals surface area contributed by atoms with Gasteiger partial charge in [-0.2, -0.15) is 0 Å². The highest BCUT2D eigenvalue weighted by atomic mass is 16.6.